The van der Waals surface area contributed by atoms with Crippen molar-refractivity contribution in [1.29, 1.82) is 0 Å². The monoisotopic (exact) mass is 376 g/mol. The molecule has 96 valence electrons. The molecule has 0 aromatic carbocycles. The van der Waals surface area contributed by atoms with Gasteiger partial charge >= 0.3 is 47.6 Å². The van der Waals surface area contributed by atoms with Crippen LogP contribution in [0.3, 0.4) is 0 Å². The van der Waals surface area contributed by atoms with Gasteiger partial charge in [-0.2, -0.15) is 0 Å². The van der Waals surface area contributed by atoms with Gasteiger partial charge in [-0.05, 0) is 0 Å². The van der Waals surface area contributed by atoms with Gasteiger partial charge in [0.25, 0.3) is 0 Å². The molecule has 0 aliphatic carbocycles. The molecule has 0 radical (unpaired) electrons. The van der Waals surface area contributed by atoms with E-state index in [1.807, 2.05) is 0 Å². The average Bonchev–Trinajstić information content (AvgIpc) is 1.41. The minimum Gasteiger partial charge on any atom is -0.418 e. The summed E-state index contributed by atoms with van der Waals surface area (Å²) in [6.07, 6.45) is 0. The second kappa shape index (κ2) is 9.28. The summed E-state index contributed by atoms with van der Waals surface area (Å²) < 4.78 is 117. The van der Waals surface area contributed by atoms with Crippen LogP contribution < -0.4 is 0 Å². The van der Waals surface area contributed by atoms with Crippen LogP contribution in [0.25, 0.3) is 0 Å². The van der Waals surface area contributed by atoms with Gasteiger partial charge < -0.3 is 51.8 Å². The predicted octanol–water partition coefficient (Wildman–Crippen LogP) is 3.52. The smallest absolute Gasteiger partial charge is 0.418 e. The van der Waals surface area contributed by atoms with Gasteiger partial charge in [0.1, 0.15) is 0 Å². The Balaban J connectivity index is -0.0000000655. The molecule has 0 saturated heterocycles. The summed E-state index contributed by atoms with van der Waals surface area (Å²) in [6, 6.07) is 0. The molecule has 0 aromatic heterocycles. The van der Waals surface area contributed by atoms with E-state index in [9.17, 15) is 51.8 Å². The van der Waals surface area contributed by atoms with Crippen molar-refractivity contribution in [2.75, 3.05) is 0 Å². The van der Waals surface area contributed by atoms with Gasteiger partial charge in [-0.1, -0.05) is 0 Å². The minimum atomic E-state index is -6.00. The Kier molecular flexibility index (Phi) is 14.6. The summed E-state index contributed by atoms with van der Waals surface area (Å²) >= 11 is 0. The Bertz CT molecular complexity index is 91.3. The Hall–Kier alpha value is 0.225. The van der Waals surface area contributed by atoms with Crippen LogP contribution in [0.5, 0.6) is 0 Å². The summed E-state index contributed by atoms with van der Waals surface area (Å²) in [4.78, 5) is 0. The fourth-order valence-corrected chi connectivity index (χ4v) is 0. The zero-order valence-corrected chi connectivity index (χ0v) is 10.1. The molecule has 0 atom stereocenters. The summed E-state index contributed by atoms with van der Waals surface area (Å²) in [7, 11) is -18.0. The van der Waals surface area contributed by atoms with Crippen LogP contribution in [0.15, 0.2) is 0 Å². The largest absolute Gasteiger partial charge is 3.00 e. The van der Waals surface area contributed by atoms with Gasteiger partial charge in [-0.25, -0.2) is 0 Å². The van der Waals surface area contributed by atoms with Crippen LogP contribution in [0.1, 0.15) is 0 Å². The summed E-state index contributed by atoms with van der Waals surface area (Å²) in [5.41, 5.74) is 0. The van der Waals surface area contributed by atoms with Gasteiger partial charge in [0.05, 0.1) is 0 Å². The van der Waals surface area contributed by atoms with E-state index < -0.39 is 21.8 Å². The van der Waals surface area contributed by atoms with Crippen LogP contribution in [-0.4, -0.2) is 47.6 Å². The standard InChI is InChI=1S/3BF4.In/c3*2-1(3,4)5;/q3*-1;+3. The number of rotatable bonds is 0. The van der Waals surface area contributed by atoms with E-state index in [-0.39, 0.29) is 25.8 Å². The van der Waals surface area contributed by atoms with Gasteiger partial charge in [0, 0.05) is 0 Å². The molecule has 0 heterocycles. The molecular formula is B3F12In. The van der Waals surface area contributed by atoms with Crippen molar-refractivity contribution < 1.29 is 51.8 Å². The van der Waals surface area contributed by atoms with Crippen molar-refractivity contribution in [1.82, 2.24) is 0 Å². The molecule has 0 saturated carbocycles. The van der Waals surface area contributed by atoms with Crippen LogP contribution >= 0.6 is 0 Å². The predicted molar refractivity (Wildman–Crippen MR) is 36.3 cm³/mol. The number of hydrogen-bond donors (Lipinski definition) is 0. The van der Waals surface area contributed by atoms with Crippen LogP contribution in [0.4, 0.5) is 51.8 Å². The Labute approximate surface area is 99.8 Å². The molecule has 0 fully saturated rings. The first-order valence-electron chi connectivity index (χ1n) is 2.62. The second-order valence-electron chi connectivity index (χ2n) is 1.48. The third-order valence-electron chi connectivity index (χ3n) is 0. The molecule has 0 aromatic rings. The normalized spacial score (nSPS) is 11.2. The summed E-state index contributed by atoms with van der Waals surface area (Å²) in [5, 5.41) is 0. The van der Waals surface area contributed by atoms with Crippen LogP contribution in [-0.2, 0) is 0 Å². The molecule has 0 aliphatic heterocycles. The third kappa shape index (κ3) is 49200. The Morgan fingerprint density at radius 3 is 0.312 bits per heavy atom. The van der Waals surface area contributed by atoms with Gasteiger partial charge in [0.2, 0.25) is 0 Å². The molecule has 0 unspecified atom stereocenters. The summed E-state index contributed by atoms with van der Waals surface area (Å²) in [6.45, 7) is 0. The van der Waals surface area contributed by atoms with Crippen molar-refractivity contribution in [2.24, 2.45) is 0 Å². The molecular weight excluding hydrogens is 375 g/mol. The molecule has 0 spiro atoms. The maximum Gasteiger partial charge on any atom is 3.00 e. The van der Waals surface area contributed by atoms with E-state index in [0.717, 1.165) is 0 Å². The Morgan fingerprint density at radius 2 is 0.312 bits per heavy atom. The van der Waals surface area contributed by atoms with E-state index in [0.29, 0.717) is 0 Å². The fourth-order valence-electron chi connectivity index (χ4n) is 0. The van der Waals surface area contributed by atoms with Crippen LogP contribution in [0.2, 0.25) is 0 Å². The SMILES string of the molecule is F[B-](F)(F)F.F[B-](F)(F)F.F[B-](F)(F)F.[In+3]. The Morgan fingerprint density at radius 1 is 0.312 bits per heavy atom. The third-order valence-corrected chi connectivity index (χ3v) is 0. The molecule has 16 heteroatoms. The van der Waals surface area contributed by atoms with Crippen molar-refractivity contribution in [3.63, 3.8) is 0 Å². The van der Waals surface area contributed by atoms with Crippen molar-refractivity contribution >= 4 is 47.6 Å². The molecule has 0 rings (SSSR count). The zero-order chi connectivity index (χ0) is 13.5. The number of hydrogen-bond acceptors (Lipinski definition) is 0. The maximum atomic E-state index is 9.75. The van der Waals surface area contributed by atoms with E-state index in [2.05, 4.69) is 0 Å². The molecule has 16 heavy (non-hydrogen) atoms. The second-order valence-corrected chi connectivity index (χ2v) is 1.48. The zero-order valence-electron chi connectivity index (χ0n) is 6.84. The first-order valence-corrected chi connectivity index (χ1v) is 2.62. The topological polar surface area (TPSA) is 0 Å². The van der Waals surface area contributed by atoms with Crippen molar-refractivity contribution in [2.45, 2.75) is 0 Å². The molecule has 0 nitrogen and oxygen atoms in total. The van der Waals surface area contributed by atoms with Gasteiger partial charge in [-0.15, -0.1) is 0 Å². The van der Waals surface area contributed by atoms with Gasteiger partial charge in [0.15, 0.2) is 0 Å². The number of halogens is 12. The van der Waals surface area contributed by atoms with Crippen LogP contribution in [0, 0.1) is 0 Å². The van der Waals surface area contributed by atoms with E-state index in [1.165, 1.54) is 0 Å². The van der Waals surface area contributed by atoms with Crippen molar-refractivity contribution in [3.05, 3.63) is 0 Å². The average molecular weight is 375 g/mol. The van der Waals surface area contributed by atoms with Crippen molar-refractivity contribution in [3.8, 4) is 0 Å². The maximum absolute atomic E-state index is 9.75. The quantitative estimate of drug-likeness (QED) is 0.449. The van der Waals surface area contributed by atoms with E-state index in [4.69, 9.17) is 0 Å². The summed E-state index contributed by atoms with van der Waals surface area (Å²) in [5.74, 6) is 0. The molecule has 0 bridgehead atoms. The van der Waals surface area contributed by atoms with E-state index in [1.54, 1.807) is 0 Å². The fraction of sp³-hybridized carbons (Fsp3) is 0. The molecule has 0 N–H and O–H groups in total. The first kappa shape index (κ1) is 25.2. The van der Waals surface area contributed by atoms with Gasteiger partial charge in [-0.3, -0.25) is 0 Å². The minimum absolute atomic E-state index is 0. The van der Waals surface area contributed by atoms with E-state index >= 15 is 0 Å². The molecule has 0 amide bonds. The first-order chi connectivity index (χ1) is 6.00. The molecule has 0 aliphatic rings.